The first-order chi connectivity index (χ1) is 12.7. The Kier molecular flexibility index (Phi) is 4.28. The number of imidazole rings is 1. The molecule has 2 heterocycles. The number of hydrogen-bond donors (Lipinski definition) is 2. The van der Waals surface area contributed by atoms with Crippen molar-refractivity contribution in [2.75, 3.05) is 11.2 Å². The Hall–Kier alpha value is -3.32. The van der Waals surface area contributed by atoms with Gasteiger partial charge in [0, 0.05) is 16.1 Å². The van der Waals surface area contributed by atoms with Crippen LogP contribution in [0.1, 0.15) is 5.89 Å². The molecule has 0 amide bonds. The van der Waals surface area contributed by atoms with Gasteiger partial charge in [0.1, 0.15) is 6.54 Å². The predicted molar refractivity (Wildman–Crippen MR) is 99.9 cm³/mol. The molecular weight excluding hydrogens is 352 g/mol. The fourth-order valence-corrected chi connectivity index (χ4v) is 2.59. The van der Waals surface area contributed by atoms with Crippen molar-refractivity contribution in [3.05, 3.63) is 71.7 Å². The predicted octanol–water partition coefficient (Wildman–Crippen LogP) is 3.58. The van der Waals surface area contributed by atoms with Gasteiger partial charge in [0.05, 0.1) is 11.9 Å². The molecule has 8 heteroatoms. The molecule has 4 aromatic rings. The Balaban J connectivity index is 1.46. The Morgan fingerprint density at radius 3 is 2.54 bits per heavy atom. The van der Waals surface area contributed by atoms with Crippen molar-refractivity contribution in [3.8, 4) is 22.6 Å². The van der Waals surface area contributed by atoms with Gasteiger partial charge < -0.3 is 15.7 Å². The van der Waals surface area contributed by atoms with Gasteiger partial charge in [0.2, 0.25) is 17.7 Å². The zero-order valence-corrected chi connectivity index (χ0v) is 14.4. The van der Waals surface area contributed by atoms with Gasteiger partial charge in [0.15, 0.2) is 0 Å². The maximum absolute atomic E-state index is 5.96. The highest BCUT2D eigenvalue weighted by Gasteiger charge is 2.10. The van der Waals surface area contributed by atoms with Gasteiger partial charge in [-0.25, -0.2) is 9.66 Å². The van der Waals surface area contributed by atoms with Gasteiger partial charge in [-0.2, -0.15) is 4.98 Å². The van der Waals surface area contributed by atoms with E-state index in [1.165, 1.54) is 0 Å². The van der Waals surface area contributed by atoms with E-state index < -0.39 is 0 Å². The molecule has 0 bridgehead atoms. The molecule has 2 aromatic carbocycles. The molecule has 2 aromatic heterocycles. The van der Waals surface area contributed by atoms with E-state index in [1.54, 1.807) is 16.8 Å². The lowest BCUT2D eigenvalue weighted by Crippen LogP contribution is -2.15. The summed E-state index contributed by atoms with van der Waals surface area (Å²) in [6.45, 7) is 0.315. The molecule has 4 rings (SSSR count). The van der Waals surface area contributed by atoms with Gasteiger partial charge in [-0.3, -0.25) is 0 Å². The van der Waals surface area contributed by atoms with E-state index in [9.17, 15) is 0 Å². The number of nitrogens with one attached hydrogen (secondary N) is 1. The van der Waals surface area contributed by atoms with E-state index in [4.69, 9.17) is 21.9 Å². The molecule has 0 aliphatic heterocycles. The maximum atomic E-state index is 5.96. The Labute approximate surface area is 154 Å². The smallest absolute Gasteiger partial charge is 0.247 e. The molecule has 0 unspecified atom stereocenters. The Morgan fingerprint density at radius 2 is 1.77 bits per heavy atom. The summed E-state index contributed by atoms with van der Waals surface area (Å²) in [7, 11) is 0. The van der Waals surface area contributed by atoms with Crippen LogP contribution >= 0.6 is 11.6 Å². The summed E-state index contributed by atoms with van der Waals surface area (Å²) in [5.41, 5.74) is 11.7. The van der Waals surface area contributed by atoms with Crippen molar-refractivity contribution in [3.63, 3.8) is 0 Å². The molecule has 0 aliphatic rings. The Bertz CT molecular complexity index is 1010. The van der Waals surface area contributed by atoms with Crippen LogP contribution in [0.25, 0.3) is 22.6 Å². The lowest BCUT2D eigenvalue weighted by atomic mass is 10.2. The highest BCUT2D eigenvalue weighted by atomic mass is 35.5. The van der Waals surface area contributed by atoms with E-state index in [1.807, 2.05) is 48.7 Å². The molecule has 0 spiro atoms. The largest absolute Gasteiger partial charge is 0.368 e. The monoisotopic (exact) mass is 366 g/mol. The van der Waals surface area contributed by atoms with E-state index in [2.05, 4.69) is 20.6 Å². The van der Waals surface area contributed by atoms with Crippen molar-refractivity contribution < 1.29 is 4.52 Å². The third-order valence-corrected chi connectivity index (χ3v) is 4.03. The van der Waals surface area contributed by atoms with Crippen LogP contribution in [-0.4, -0.2) is 19.8 Å². The van der Waals surface area contributed by atoms with Crippen LogP contribution in [-0.2, 0) is 6.54 Å². The van der Waals surface area contributed by atoms with Gasteiger partial charge in [-0.05, 0) is 24.3 Å². The summed E-state index contributed by atoms with van der Waals surface area (Å²) in [4.78, 5) is 8.72. The molecule has 26 heavy (non-hydrogen) atoms. The van der Waals surface area contributed by atoms with Crippen molar-refractivity contribution in [2.24, 2.45) is 0 Å². The van der Waals surface area contributed by atoms with E-state index in [0.29, 0.717) is 29.2 Å². The van der Waals surface area contributed by atoms with E-state index in [0.717, 1.165) is 16.8 Å². The zero-order chi connectivity index (χ0) is 17.9. The van der Waals surface area contributed by atoms with Crippen LogP contribution in [0.4, 0.5) is 5.95 Å². The van der Waals surface area contributed by atoms with Crippen molar-refractivity contribution >= 4 is 17.5 Å². The summed E-state index contributed by atoms with van der Waals surface area (Å²) in [6, 6.07) is 17.0. The van der Waals surface area contributed by atoms with Crippen LogP contribution < -0.4 is 11.2 Å². The topological polar surface area (TPSA) is 94.8 Å². The summed E-state index contributed by atoms with van der Waals surface area (Å²) in [6.07, 6.45) is 1.82. The summed E-state index contributed by atoms with van der Waals surface area (Å²) in [5.74, 6) is 1.28. The van der Waals surface area contributed by atoms with Gasteiger partial charge in [-0.1, -0.05) is 47.1 Å². The fraction of sp³-hybridized carbons (Fsp3) is 0.0556. The first-order valence-electron chi connectivity index (χ1n) is 7.92. The highest BCUT2D eigenvalue weighted by Crippen LogP contribution is 2.20. The summed E-state index contributed by atoms with van der Waals surface area (Å²) in [5, 5.41) is 4.63. The third-order valence-electron chi connectivity index (χ3n) is 3.77. The second-order valence-corrected chi connectivity index (χ2v) is 6.01. The average Bonchev–Trinajstić information content (AvgIpc) is 3.28. The highest BCUT2D eigenvalue weighted by molar-refractivity contribution is 6.30. The fourth-order valence-electron chi connectivity index (χ4n) is 2.46. The number of anilines is 1. The minimum atomic E-state index is 0.315. The number of aromatic nitrogens is 4. The van der Waals surface area contributed by atoms with E-state index in [-0.39, 0.29) is 0 Å². The molecule has 130 valence electrons. The second-order valence-electron chi connectivity index (χ2n) is 5.57. The zero-order valence-electron chi connectivity index (χ0n) is 13.6. The standard InChI is InChI=1S/C18H15ClN6O/c19-14-8-6-13(7-9-14)17-23-16(26-24-17)10-21-25-11-15(22-18(25)20)12-4-2-1-3-5-12/h1-9,11,21H,10H2,(H2,20,22). The molecule has 0 aliphatic carbocycles. The molecule has 0 radical (unpaired) electrons. The van der Waals surface area contributed by atoms with Gasteiger partial charge >= 0.3 is 0 Å². The van der Waals surface area contributed by atoms with Gasteiger partial charge in [0.25, 0.3) is 0 Å². The van der Waals surface area contributed by atoms with Gasteiger partial charge in [-0.15, -0.1) is 0 Å². The first-order valence-corrected chi connectivity index (χ1v) is 8.29. The molecule has 0 saturated carbocycles. The number of benzene rings is 2. The maximum Gasteiger partial charge on any atom is 0.247 e. The summed E-state index contributed by atoms with van der Waals surface area (Å²) >= 11 is 5.89. The Morgan fingerprint density at radius 1 is 1.00 bits per heavy atom. The quantitative estimate of drug-likeness (QED) is 0.560. The molecule has 0 fully saturated rings. The summed E-state index contributed by atoms with van der Waals surface area (Å²) < 4.78 is 6.90. The third kappa shape index (κ3) is 3.38. The van der Waals surface area contributed by atoms with Crippen LogP contribution in [0.15, 0.2) is 65.3 Å². The molecule has 3 N–H and O–H groups in total. The number of rotatable bonds is 5. The molecule has 0 atom stereocenters. The number of nitrogen functional groups attached to an aromatic ring is 1. The number of halogens is 1. The average molecular weight is 367 g/mol. The minimum Gasteiger partial charge on any atom is -0.368 e. The normalized spacial score (nSPS) is 10.8. The molecule has 7 nitrogen and oxygen atoms in total. The van der Waals surface area contributed by atoms with Crippen LogP contribution in [0.3, 0.4) is 0 Å². The number of nitrogens with two attached hydrogens (primary N) is 1. The van der Waals surface area contributed by atoms with Crippen LogP contribution in [0, 0.1) is 0 Å². The van der Waals surface area contributed by atoms with Crippen LogP contribution in [0.5, 0.6) is 0 Å². The second kappa shape index (κ2) is 6.89. The lowest BCUT2D eigenvalue weighted by Gasteiger charge is -2.04. The SMILES string of the molecule is Nc1nc(-c2ccccc2)cn1NCc1nc(-c2ccc(Cl)cc2)no1. The number of hydrogen-bond acceptors (Lipinski definition) is 6. The van der Waals surface area contributed by atoms with Crippen LogP contribution in [0.2, 0.25) is 5.02 Å². The first kappa shape index (κ1) is 16.2. The molecule has 0 saturated heterocycles. The lowest BCUT2D eigenvalue weighted by molar-refractivity contribution is 0.380. The molecular formula is C18H15ClN6O. The van der Waals surface area contributed by atoms with Crippen molar-refractivity contribution in [1.82, 2.24) is 19.8 Å². The van der Waals surface area contributed by atoms with Crippen molar-refractivity contribution in [2.45, 2.75) is 6.54 Å². The van der Waals surface area contributed by atoms with E-state index >= 15 is 0 Å². The van der Waals surface area contributed by atoms with Crippen molar-refractivity contribution in [1.29, 1.82) is 0 Å². The number of nitrogens with zero attached hydrogens (tertiary/aromatic N) is 4. The minimum absolute atomic E-state index is 0.315.